The first-order valence-electron chi connectivity index (χ1n) is 7.75. The van der Waals surface area contributed by atoms with Crippen LogP contribution in [0.15, 0.2) is 42.6 Å². The second kappa shape index (κ2) is 8.48. The molecule has 1 unspecified atom stereocenters. The van der Waals surface area contributed by atoms with E-state index in [4.69, 9.17) is 21.1 Å². The van der Waals surface area contributed by atoms with Crippen molar-refractivity contribution in [3.8, 4) is 5.75 Å². The molecule has 0 aliphatic heterocycles. The summed E-state index contributed by atoms with van der Waals surface area (Å²) >= 11 is 5.73. The van der Waals surface area contributed by atoms with Crippen molar-refractivity contribution in [1.29, 1.82) is 0 Å². The van der Waals surface area contributed by atoms with Gasteiger partial charge in [-0.15, -0.1) is 0 Å². The molecule has 2 rings (SSSR count). The third-order valence-corrected chi connectivity index (χ3v) is 3.32. The van der Waals surface area contributed by atoms with Crippen molar-refractivity contribution in [2.75, 3.05) is 5.32 Å². The van der Waals surface area contributed by atoms with Gasteiger partial charge in [-0.3, -0.25) is 4.79 Å². The molecule has 0 saturated heterocycles. The number of aromatic nitrogens is 1. The summed E-state index contributed by atoms with van der Waals surface area (Å²) < 4.78 is 10.7. The van der Waals surface area contributed by atoms with E-state index in [0.29, 0.717) is 22.2 Å². The first-order valence-corrected chi connectivity index (χ1v) is 8.13. The number of carbonyl (C=O) groups excluding carboxylic acids is 2. The Morgan fingerprint density at radius 3 is 2.32 bits per heavy atom. The summed E-state index contributed by atoms with van der Waals surface area (Å²) in [5.41, 5.74) is 0.334. The Kier molecular flexibility index (Phi) is 6.36. The molecule has 2 aromatic rings. The van der Waals surface area contributed by atoms with Crippen LogP contribution in [0.25, 0.3) is 0 Å². The fraction of sp³-hybridized carbons (Fsp3) is 0.278. The topological polar surface area (TPSA) is 77.5 Å². The zero-order chi connectivity index (χ0) is 18.4. The molecule has 0 bridgehead atoms. The van der Waals surface area contributed by atoms with E-state index >= 15 is 0 Å². The maximum atomic E-state index is 12.1. The second-order valence-corrected chi connectivity index (χ2v) is 6.03. The second-order valence-electron chi connectivity index (χ2n) is 5.59. The maximum Gasteiger partial charge on any atom is 0.338 e. The lowest BCUT2D eigenvalue weighted by Gasteiger charge is -2.14. The number of esters is 1. The fourth-order valence-electron chi connectivity index (χ4n) is 1.90. The van der Waals surface area contributed by atoms with Crippen LogP contribution < -0.4 is 10.1 Å². The maximum absolute atomic E-state index is 12.1. The number of nitrogens with one attached hydrogen (secondary N) is 1. The number of nitrogens with zero attached hydrogens (tertiary/aromatic N) is 1. The van der Waals surface area contributed by atoms with Gasteiger partial charge in [0.15, 0.2) is 6.10 Å². The minimum absolute atomic E-state index is 0.0444. The van der Waals surface area contributed by atoms with Gasteiger partial charge < -0.3 is 14.8 Å². The Bertz CT molecular complexity index is 730. The van der Waals surface area contributed by atoms with Crippen molar-refractivity contribution >= 4 is 29.3 Å². The zero-order valence-corrected chi connectivity index (χ0v) is 14.9. The van der Waals surface area contributed by atoms with Gasteiger partial charge in [-0.25, -0.2) is 9.78 Å². The highest BCUT2D eigenvalue weighted by atomic mass is 35.5. The monoisotopic (exact) mass is 362 g/mol. The number of hydrogen-bond donors (Lipinski definition) is 1. The van der Waals surface area contributed by atoms with Crippen molar-refractivity contribution in [3.63, 3.8) is 0 Å². The van der Waals surface area contributed by atoms with Crippen LogP contribution in [0.5, 0.6) is 5.75 Å². The van der Waals surface area contributed by atoms with Gasteiger partial charge in [-0.1, -0.05) is 11.6 Å². The van der Waals surface area contributed by atoms with Crippen LogP contribution in [-0.2, 0) is 9.53 Å². The number of anilines is 1. The van der Waals surface area contributed by atoms with Gasteiger partial charge >= 0.3 is 5.97 Å². The molecule has 1 N–H and O–H groups in total. The van der Waals surface area contributed by atoms with E-state index in [9.17, 15) is 9.59 Å². The molecular formula is C18H19ClN2O4. The number of amides is 1. The van der Waals surface area contributed by atoms with Gasteiger partial charge in [-0.05, 0) is 57.2 Å². The van der Waals surface area contributed by atoms with Crippen LogP contribution in [0.3, 0.4) is 0 Å². The number of benzene rings is 1. The molecule has 0 saturated carbocycles. The summed E-state index contributed by atoms with van der Waals surface area (Å²) in [6.07, 6.45) is 0.480. The Balaban J connectivity index is 1.92. The summed E-state index contributed by atoms with van der Waals surface area (Å²) in [5.74, 6) is -0.0932. The molecule has 7 heteroatoms. The van der Waals surface area contributed by atoms with Gasteiger partial charge in [0.05, 0.1) is 16.7 Å². The van der Waals surface area contributed by atoms with Gasteiger partial charge in [0, 0.05) is 6.20 Å². The highest BCUT2D eigenvalue weighted by Gasteiger charge is 2.19. The van der Waals surface area contributed by atoms with Crippen molar-refractivity contribution in [2.45, 2.75) is 33.0 Å². The van der Waals surface area contributed by atoms with Crippen molar-refractivity contribution in [1.82, 2.24) is 4.98 Å². The molecule has 0 aliphatic rings. The molecule has 1 atom stereocenters. The van der Waals surface area contributed by atoms with E-state index in [0.717, 1.165) is 0 Å². The van der Waals surface area contributed by atoms with Gasteiger partial charge in [0.25, 0.3) is 5.91 Å². The number of halogens is 1. The first-order chi connectivity index (χ1) is 11.8. The molecule has 1 amide bonds. The minimum atomic E-state index is -0.975. The molecule has 0 fully saturated rings. The molecule has 1 aromatic carbocycles. The van der Waals surface area contributed by atoms with Crippen LogP contribution in [0.1, 0.15) is 31.1 Å². The normalized spacial score (nSPS) is 11.7. The van der Waals surface area contributed by atoms with Gasteiger partial charge in [0.1, 0.15) is 11.6 Å². The lowest BCUT2D eigenvalue weighted by Crippen LogP contribution is -2.30. The Hall–Kier alpha value is -2.60. The van der Waals surface area contributed by atoms with Crippen LogP contribution in [-0.4, -0.2) is 29.1 Å². The number of ether oxygens (including phenoxy) is 2. The number of pyridine rings is 1. The van der Waals surface area contributed by atoms with E-state index in [1.54, 1.807) is 36.4 Å². The van der Waals surface area contributed by atoms with Gasteiger partial charge in [-0.2, -0.15) is 0 Å². The highest BCUT2D eigenvalue weighted by molar-refractivity contribution is 6.30. The molecule has 6 nitrogen and oxygen atoms in total. The van der Waals surface area contributed by atoms with Crippen LogP contribution in [0.4, 0.5) is 5.82 Å². The third kappa shape index (κ3) is 5.76. The van der Waals surface area contributed by atoms with Gasteiger partial charge in [0.2, 0.25) is 0 Å². The molecular weight excluding hydrogens is 344 g/mol. The number of carbonyl (C=O) groups is 2. The standard InChI is InChI=1S/C18H19ClN2O4/c1-11(2)24-15-7-4-13(5-8-15)18(23)25-12(3)17(22)21-16-9-6-14(19)10-20-16/h4-12H,1-3H3,(H,20,21,22). The number of rotatable bonds is 6. The summed E-state index contributed by atoms with van der Waals surface area (Å²) in [6.45, 7) is 5.31. The molecule has 1 heterocycles. The number of hydrogen-bond acceptors (Lipinski definition) is 5. The molecule has 1 aromatic heterocycles. The predicted octanol–water partition coefficient (Wildman–Crippen LogP) is 3.71. The van der Waals surface area contributed by atoms with Crippen molar-refractivity contribution in [3.05, 3.63) is 53.2 Å². The largest absolute Gasteiger partial charge is 0.491 e. The van der Waals surface area contributed by atoms with Crippen molar-refractivity contribution < 1.29 is 19.1 Å². The summed E-state index contributed by atoms with van der Waals surface area (Å²) in [4.78, 5) is 28.1. The van der Waals surface area contributed by atoms with Crippen LogP contribution >= 0.6 is 11.6 Å². The summed E-state index contributed by atoms with van der Waals surface area (Å²) in [6, 6.07) is 9.69. The average Bonchev–Trinajstić information content (AvgIpc) is 2.57. The van der Waals surface area contributed by atoms with Crippen molar-refractivity contribution in [2.24, 2.45) is 0 Å². The van der Waals surface area contributed by atoms with Crippen LogP contribution in [0.2, 0.25) is 5.02 Å². The molecule has 0 radical (unpaired) electrons. The Morgan fingerprint density at radius 1 is 1.08 bits per heavy atom. The van der Waals surface area contributed by atoms with E-state index < -0.39 is 18.0 Å². The lowest BCUT2D eigenvalue weighted by atomic mass is 10.2. The molecule has 25 heavy (non-hydrogen) atoms. The fourth-order valence-corrected chi connectivity index (χ4v) is 2.01. The average molecular weight is 363 g/mol. The smallest absolute Gasteiger partial charge is 0.338 e. The first kappa shape index (κ1) is 18.7. The lowest BCUT2D eigenvalue weighted by molar-refractivity contribution is -0.123. The third-order valence-electron chi connectivity index (χ3n) is 3.09. The predicted molar refractivity (Wildman–Crippen MR) is 95.0 cm³/mol. The van der Waals surface area contributed by atoms with E-state index in [1.165, 1.54) is 13.1 Å². The highest BCUT2D eigenvalue weighted by Crippen LogP contribution is 2.15. The van der Waals surface area contributed by atoms with E-state index in [2.05, 4.69) is 10.3 Å². The summed E-state index contributed by atoms with van der Waals surface area (Å²) in [5, 5.41) is 3.01. The SMILES string of the molecule is CC(C)Oc1ccc(C(=O)OC(C)C(=O)Nc2ccc(Cl)cn2)cc1. The van der Waals surface area contributed by atoms with Crippen LogP contribution in [0, 0.1) is 0 Å². The molecule has 0 spiro atoms. The minimum Gasteiger partial charge on any atom is -0.491 e. The molecule has 0 aliphatic carbocycles. The van der Waals surface area contributed by atoms with E-state index in [1.807, 2.05) is 13.8 Å². The molecule has 132 valence electrons. The zero-order valence-electron chi connectivity index (χ0n) is 14.2. The quantitative estimate of drug-likeness (QED) is 0.792. The summed E-state index contributed by atoms with van der Waals surface area (Å²) in [7, 11) is 0. The Morgan fingerprint density at radius 2 is 1.76 bits per heavy atom. The van der Waals surface area contributed by atoms with E-state index in [-0.39, 0.29) is 6.10 Å². The Labute approximate surface area is 151 Å².